The van der Waals surface area contributed by atoms with E-state index in [9.17, 15) is 27.2 Å². The second-order valence-electron chi connectivity index (χ2n) is 8.01. The first-order valence-corrected chi connectivity index (χ1v) is 12.3. The highest BCUT2D eigenvalue weighted by molar-refractivity contribution is 7.90. The summed E-state index contributed by atoms with van der Waals surface area (Å²) in [5.41, 5.74) is 6.09. The Balaban J connectivity index is 1.87. The van der Waals surface area contributed by atoms with E-state index < -0.39 is 45.3 Å². The molecule has 3 aromatic carbocycles. The van der Waals surface area contributed by atoms with Crippen molar-refractivity contribution in [3.05, 3.63) is 95.3 Å². The Kier molecular flexibility index (Phi) is 8.05. The first-order valence-electron chi connectivity index (χ1n) is 10.8. The van der Waals surface area contributed by atoms with Crippen LogP contribution >= 0.6 is 0 Å². The highest BCUT2D eigenvalue weighted by Crippen LogP contribution is 2.20. The van der Waals surface area contributed by atoms with Crippen LogP contribution in [0, 0.1) is 12.7 Å². The number of aryl methyl sites for hydroxylation is 1. The highest BCUT2D eigenvalue weighted by Gasteiger charge is 2.28. The summed E-state index contributed by atoms with van der Waals surface area (Å²) in [6, 6.07) is 16.0. The number of nitrogens with zero attached hydrogens (tertiary/aromatic N) is 1. The van der Waals surface area contributed by atoms with Gasteiger partial charge in [-0.3, -0.25) is 9.59 Å². The van der Waals surface area contributed by atoms with Gasteiger partial charge < -0.3 is 16.0 Å². The zero-order valence-corrected chi connectivity index (χ0v) is 20.4. The third-order valence-corrected chi connectivity index (χ3v) is 6.92. The van der Waals surface area contributed by atoms with E-state index in [-0.39, 0.29) is 17.0 Å². The minimum Gasteiger partial charge on any atom is -0.366 e. The van der Waals surface area contributed by atoms with Gasteiger partial charge in [-0.25, -0.2) is 22.3 Å². The molecule has 36 heavy (non-hydrogen) atoms. The zero-order valence-electron chi connectivity index (χ0n) is 19.6. The quantitative estimate of drug-likeness (QED) is 0.426. The molecule has 11 heteroatoms. The molecule has 188 valence electrons. The maximum absolute atomic E-state index is 13.9. The SMILES string of the molecule is Cc1ccccc1S(=O)(=O)NC(=O)NC(Cc1ccccc1)C(=O)N(C)c1ccc(F)c(C(N)=O)c1. The van der Waals surface area contributed by atoms with Crippen molar-refractivity contribution < 1.29 is 27.2 Å². The van der Waals surface area contributed by atoms with Gasteiger partial charge in [0, 0.05) is 19.2 Å². The van der Waals surface area contributed by atoms with Crippen LogP contribution < -0.4 is 20.7 Å². The number of carbonyl (C=O) groups excluding carboxylic acids is 3. The van der Waals surface area contributed by atoms with Gasteiger partial charge >= 0.3 is 6.03 Å². The van der Waals surface area contributed by atoms with Gasteiger partial charge in [0.1, 0.15) is 11.9 Å². The highest BCUT2D eigenvalue weighted by atomic mass is 32.2. The van der Waals surface area contributed by atoms with Gasteiger partial charge in [-0.15, -0.1) is 0 Å². The predicted molar refractivity (Wildman–Crippen MR) is 132 cm³/mol. The largest absolute Gasteiger partial charge is 0.366 e. The van der Waals surface area contributed by atoms with Crippen molar-refractivity contribution in [3.8, 4) is 0 Å². The Morgan fingerprint density at radius 2 is 1.64 bits per heavy atom. The average Bonchev–Trinajstić information content (AvgIpc) is 2.83. The van der Waals surface area contributed by atoms with Gasteiger partial charge in [0.15, 0.2) is 0 Å². The molecule has 1 unspecified atom stereocenters. The number of amides is 4. The molecule has 0 aliphatic heterocycles. The van der Waals surface area contributed by atoms with E-state index >= 15 is 0 Å². The van der Waals surface area contributed by atoms with Crippen molar-refractivity contribution in [1.82, 2.24) is 10.0 Å². The number of hydrogen-bond donors (Lipinski definition) is 3. The molecule has 4 N–H and O–H groups in total. The molecular formula is C25H25FN4O5S. The third kappa shape index (κ3) is 6.25. The van der Waals surface area contributed by atoms with Crippen LogP contribution in [0.15, 0.2) is 77.7 Å². The van der Waals surface area contributed by atoms with Crippen LogP contribution in [0.3, 0.4) is 0 Å². The van der Waals surface area contributed by atoms with Gasteiger partial charge in [-0.1, -0.05) is 48.5 Å². The van der Waals surface area contributed by atoms with E-state index in [4.69, 9.17) is 5.73 Å². The van der Waals surface area contributed by atoms with Crippen molar-refractivity contribution in [2.75, 3.05) is 11.9 Å². The standard InChI is InChI=1S/C25H25FN4O5S/c1-16-8-6-7-11-22(16)36(34,35)29-25(33)28-21(14-17-9-4-3-5-10-17)24(32)30(2)18-12-13-20(26)19(15-18)23(27)31/h3-13,15,21H,14H2,1-2H3,(H2,27,31)(H2,28,29,33). The van der Waals surface area contributed by atoms with Gasteiger partial charge in [0.25, 0.3) is 15.9 Å². The number of urea groups is 1. The Morgan fingerprint density at radius 1 is 1.00 bits per heavy atom. The number of halogens is 1. The van der Waals surface area contributed by atoms with Crippen LogP contribution in [0.4, 0.5) is 14.9 Å². The molecule has 3 rings (SSSR count). The lowest BCUT2D eigenvalue weighted by Crippen LogP contribution is -2.52. The molecule has 3 aromatic rings. The van der Waals surface area contributed by atoms with E-state index in [0.717, 1.165) is 17.0 Å². The van der Waals surface area contributed by atoms with Crippen LogP contribution in [0.25, 0.3) is 0 Å². The molecule has 0 aromatic heterocycles. The molecule has 0 spiro atoms. The maximum Gasteiger partial charge on any atom is 0.329 e. The Labute approximate surface area is 208 Å². The molecule has 4 amide bonds. The number of nitrogens with two attached hydrogens (primary N) is 1. The number of carbonyl (C=O) groups is 3. The second-order valence-corrected chi connectivity index (χ2v) is 9.66. The molecule has 0 saturated carbocycles. The smallest absolute Gasteiger partial charge is 0.329 e. The van der Waals surface area contributed by atoms with Crippen LogP contribution in [0.2, 0.25) is 0 Å². The average molecular weight is 513 g/mol. The summed E-state index contributed by atoms with van der Waals surface area (Å²) in [6.07, 6.45) is 0.0334. The van der Waals surface area contributed by atoms with E-state index in [1.165, 1.54) is 25.2 Å². The summed E-state index contributed by atoms with van der Waals surface area (Å²) in [4.78, 5) is 38.6. The number of likely N-dealkylation sites (N-methyl/N-ethyl adjacent to an activating group) is 1. The maximum atomic E-state index is 13.9. The summed E-state index contributed by atoms with van der Waals surface area (Å²) < 4.78 is 41.3. The number of hydrogen-bond acceptors (Lipinski definition) is 5. The molecular weight excluding hydrogens is 487 g/mol. The van der Waals surface area contributed by atoms with Gasteiger partial charge in [-0.2, -0.15) is 0 Å². The molecule has 1 atom stereocenters. The number of primary amides is 1. The molecule has 0 fully saturated rings. The first-order chi connectivity index (χ1) is 17.0. The van der Waals surface area contributed by atoms with E-state index in [0.29, 0.717) is 11.1 Å². The number of sulfonamides is 1. The van der Waals surface area contributed by atoms with Crippen molar-refractivity contribution >= 4 is 33.6 Å². The molecule has 0 aliphatic carbocycles. The lowest BCUT2D eigenvalue weighted by molar-refractivity contribution is -0.120. The van der Waals surface area contributed by atoms with E-state index in [1.54, 1.807) is 49.4 Å². The number of benzene rings is 3. The molecule has 0 heterocycles. The van der Waals surface area contributed by atoms with Gasteiger partial charge in [-0.05, 0) is 42.3 Å². The van der Waals surface area contributed by atoms with Crippen LogP contribution in [-0.4, -0.2) is 39.4 Å². The van der Waals surface area contributed by atoms with Crippen molar-refractivity contribution in [3.63, 3.8) is 0 Å². The fourth-order valence-corrected chi connectivity index (χ4v) is 4.71. The molecule has 0 aliphatic rings. The predicted octanol–water partition coefficient (Wildman–Crippen LogP) is 2.50. The fourth-order valence-electron chi connectivity index (χ4n) is 3.54. The molecule has 0 bridgehead atoms. The summed E-state index contributed by atoms with van der Waals surface area (Å²) in [6.45, 7) is 1.59. The lowest BCUT2D eigenvalue weighted by Gasteiger charge is -2.25. The van der Waals surface area contributed by atoms with Crippen molar-refractivity contribution in [2.45, 2.75) is 24.3 Å². The fraction of sp³-hybridized carbons (Fsp3) is 0.160. The topological polar surface area (TPSA) is 139 Å². The Morgan fingerprint density at radius 3 is 2.28 bits per heavy atom. The van der Waals surface area contributed by atoms with Crippen LogP contribution in [0.1, 0.15) is 21.5 Å². The second kappa shape index (κ2) is 11.0. The molecule has 0 radical (unpaired) electrons. The van der Waals surface area contributed by atoms with Gasteiger partial charge in [0.05, 0.1) is 10.5 Å². The molecule has 0 saturated heterocycles. The van der Waals surface area contributed by atoms with Crippen molar-refractivity contribution in [2.24, 2.45) is 5.73 Å². The van der Waals surface area contributed by atoms with Crippen LogP contribution in [-0.2, 0) is 21.2 Å². The number of anilines is 1. The summed E-state index contributed by atoms with van der Waals surface area (Å²) >= 11 is 0. The molecule has 9 nitrogen and oxygen atoms in total. The zero-order chi connectivity index (χ0) is 26.5. The normalized spacial score (nSPS) is 11.9. The summed E-state index contributed by atoms with van der Waals surface area (Å²) in [5, 5.41) is 2.42. The third-order valence-electron chi connectivity index (χ3n) is 5.43. The van der Waals surface area contributed by atoms with Crippen LogP contribution in [0.5, 0.6) is 0 Å². The minimum atomic E-state index is -4.21. The number of rotatable bonds is 8. The lowest BCUT2D eigenvalue weighted by atomic mass is 10.0. The first kappa shape index (κ1) is 26.4. The summed E-state index contributed by atoms with van der Waals surface area (Å²) in [5.74, 6) is -2.48. The Bertz CT molecular complexity index is 1400. The number of nitrogens with one attached hydrogen (secondary N) is 2. The van der Waals surface area contributed by atoms with Crippen molar-refractivity contribution in [1.29, 1.82) is 0 Å². The minimum absolute atomic E-state index is 0.0334. The van der Waals surface area contributed by atoms with Gasteiger partial charge in [0.2, 0.25) is 5.91 Å². The Hall–Kier alpha value is -4.25. The monoisotopic (exact) mass is 512 g/mol. The summed E-state index contributed by atoms with van der Waals surface area (Å²) in [7, 11) is -2.83. The van der Waals surface area contributed by atoms with E-state index in [1.807, 2.05) is 4.72 Å². The van der Waals surface area contributed by atoms with E-state index in [2.05, 4.69) is 5.32 Å².